The molecule has 2 amide bonds. The van der Waals surface area contributed by atoms with E-state index >= 15 is 0 Å². The predicted octanol–water partition coefficient (Wildman–Crippen LogP) is 7.37. The first kappa shape index (κ1) is 30.6. The molecule has 13 heteroatoms. The van der Waals surface area contributed by atoms with Crippen molar-refractivity contribution in [2.24, 2.45) is 29.6 Å². The molecule has 7 nitrogen and oxygen atoms in total. The number of fused-ring (bicyclic) bond motifs is 9. The molecule has 7 atom stereocenters. The normalized spacial score (nSPS) is 27.5. The molecule has 4 aliphatic rings. The van der Waals surface area contributed by atoms with E-state index in [1.807, 2.05) is 36.4 Å². The molecule has 3 fully saturated rings. The molecule has 8 rings (SSSR count). The zero-order valence-corrected chi connectivity index (χ0v) is 27.0. The summed E-state index contributed by atoms with van der Waals surface area (Å²) in [5, 5.41) is 1.28. The summed E-state index contributed by atoms with van der Waals surface area (Å²) in [6.07, 6.45) is -3.96. The van der Waals surface area contributed by atoms with E-state index in [0.717, 1.165) is 49.4 Å². The Kier molecular flexibility index (Phi) is 7.27. The Morgan fingerprint density at radius 2 is 1.72 bits per heavy atom. The van der Waals surface area contributed by atoms with Crippen LogP contribution in [0.1, 0.15) is 33.9 Å². The van der Waals surface area contributed by atoms with Crippen molar-refractivity contribution >= 4 is 52.2 Å². The Balaban J connectivity index is 1.14. The molecule has 1 aromatic heterocycles. The van der Waals surface area contributed by atoms with Gasteiger partial charge >= 0.3 is 11.0 Å². The van der Waals surface area contributed by atoms with Crippen LogP contribution in [0.3, 0.4) is 0 Å². The van der Waals surface area contributed by atoms with E-state index in [1.54, 1.807) is 24.9 Å². The van der Waals surface area contributed by atoms with Gasteiger partial charge in [0.15, 0.2) is 11.5 Å². The van der Waals surface area contributed by atoms with Gasteiger partial charge in [-0.3, -0.25) is 19.3 Å². The lowest BCUT2D eigenvalue weighted by Crippen LogP contribution is -2.42. The van der Waals surface area contributed by atoms with Crippen molar-refractivity contribution in [2.45, 2.75) is 35.4 Å². The number of hydrogen-bond acceptors (Lipinski definition) is 7. The lowest BCUT2D eigenvalue weighted by atomic mass is 9.68. The molecular formula is C34H26ClF3N2O5S2. The van der Waals surface area contributed by atoms with Crippen LogP contribution in [-0.4, -0.2) is 29.2 Å². The highest BCUT2D eigenvalue weighted by atomic mass is 35.5. The van der Waals surface area contributed by atoms with Gasteiger partial charge in [-0.2, -0.15) is 13.2 Å². The van der Waals surface area contributed by atoms with Gasteiger partial charge in [-0.25, -0.2) is 0 Å². The second-order valence-corrected chi connectivity index (χ2v) is 15.0. The van der Waals surface area contributed by atoms with Crippen molar-refractivity contribution in [2.75, 3.05) is 12.0 Å². The average Bonchev–Trinajstić information content (AvgIpc) is 3.78. The second kappa shape index (κ2) is 11.2. The van der Waals surface area contributed by atoms with Crippen molar-refractivity contribution in [1.82, 2.24) is 4.98 Å². The van der Waals surface area contributed by atoms with Crippen molar-refractivity contribution in [3.05, 3.63) is 103 Å². The van der Waals surface area contributed by atoms with Crippen molar-refractivity contribution < 1.29 is 32.2 Å². The number of thioether (sulfide) groups is 1. The summed E-state index contributed by atoms with van der Waals surface area (Å²) in [6, 6.07) is 17.4. The SMILES string of the molecule is COc1cc([C@H]2c3sc(=O)[nH]c3SC3C4CC(C5C(=O)N(c6cccc(C(F)(F)F)c6)C(=O)C45)C32)ccc1OCc1cccc(Cl)c1. The van der Waals surface area contributed by atoms with Crippen LogP contribution in [-0.2, 0) is 22.4 Å². The zero-order chi connectivity index (χ0) is 32.8. The van der Waals surface area contributed by atoms with Crippen LogP contribution >= 0.6 is 34.7 Å². The van der Waals surface area contributed by atoms with Crippen LogP contribution in [0, 0.1) is 29.6 Å². The van der Waals surface area contributed by atoms with Crippen LogP contribution < -0.4 is 19.2 Å². The number of aromatic amines is 1. The van der Waals surface area contributed by atoms with Crippen LogP contribution in [0.5, 0.6) is 11.5 Å². The number of nitrogens with zero attached hydrogens (tertiary/aromatic N) is 1. The molecule has 2 bridgehead atoms. The number of aromatic nitrogens is 1. The smallest absolute Gasteiger partial charge is 0.416 e. The van der Waals surface area contributed by atoms with Crippen LogP contribution in [0.4, 0.5) is 18.9 Å². The van der Waals surface area contributed by atoms with E-state index in [1.165, 1.54) is 12.1 Å². The highest BCUT2D eigenvalue weighted by Crippen LogP contribution is 2.69. The maximum atomic E-state index is 14.0. The number of amides is 2. The fraction of sp³-hybridized carbons (Fsp3) is 0.324. The number of H-pyrrole nitrogens is 1. The number of hydrogen-bond donors (Lipinski definition) is 1. The summed E-state index contributed by atoms with van der Waals surface area (Å²) < 4.78 is 52.4. The van der Waals surface area contributed by atoms with Gasteiger partial charge in [-0.1, -0.05) is 47.2 Å². The van der Waals surface area contributed by atoms with E-state index in [4.69, 9.17) is 21.1 Å². The summed E-state index contributed by atoms with van der Waals surface area (Å²) in [6.45, 7) is 0.274. The zero-order valence-electron chi connectivity index (χ0n) is 24.6. The number of thiazole rings is 1. The second-order valence-electron chi connectivity index (χ2n) is 12.3. The first-order valence-corrected chi connectivity index (χ1v) is 17.1. The molecule has 2 aliphatic heterocycles. The van der Waals surface area contributed by atoms with Gasteiger partial charge in [0.2, 0.25) is 11.8 Å². The molecular weight excluding hydrogens is 673 g/mol. The number of nitrogens with one attached hydrogen (secondary N) is 1. The molecule has 2 aliphatic carbocycles. The van der Waals surface area contributed by atoms with Crippen LogP contribution in [0.2, 0.25) is 5.02 Å². The Morgan fingerprint density at radius 3 is 2.47 bits per heavy atom. The number of ether oxygens (including phenoxy) is 2. The summed E-state index contributed by atoms with van der Waals surface area (Å²) >= 11 is 8.81. The maximum Gasteiger partial charge on any atom is 0.416 e. The number of rotatable bonds is 6. The van der Waals surface area contributed by atoms with E-state index in [-0.39, 0.29) is 46.1 Å². The van der Waals surface area contributed by atoms with E-state index in [9.17, 15) is 27.6 Å². The highest BCUT2D eigenvalue weighted by molar-refractivity contribution is 8.00. The minimum absolute atomic E-state index is 0.0580. The van der Waals surface area contributed by atoms with Gasteiger partial charge in [-0.05, 0) is 77.8 Å². The quantitative estimate of drug-likeness (QED) is 0.212. The number of carbonyl (C=O) groups excluding carboxylic acids is 2. The minimum atomic E-state index is -4.61. The fourth-order valence-corrected chi connectivity index (χ4v) is 11.4. The molecule has 3 aromatic carbocycles. The molecule has 242 valence electrons. The molecule has 2 saturated carbocycles. The first-order chi connectivity index (χ1) is 22.5. The predicted molar refractivity (Wildman–Crippen MR) is 171 cm³/mol. The molecule has 4 aromatic rings. The molecule has 3 heterocycles. The summed E-state index contributed by atoms with van der Waals surface area (Å²) in [5.41, 5.74) is 0.808. The van der Waals surface area contributed by atoms with Crippen LogP contribution in [0.25, 0.3) is 0 Å². The van der Waals surface area contributed by atoms with Gasteiger partial charge in [0.25, 0.3) is 0 Å². The highest BCUT2D eigenvalue weighted by Gasteiger charge is 2.69. The third kappa shape index (κ3) is 4.90. The Hall–Kier alpha value is -3.74. The number of anilines is 1. The molecule has 1 N–H and O–H groups in total. The van der Waals surface area contributed by atoms with Crippen molar-refractivity contribution in [3.63, 3.8) is 0 Å². The number of carbonyl (C=O) groups is 2. The third-order valence-electron chi connectivity index (χ3n) is 9.99. The van der Waals surface area contributed by atoms with Crippen LogP contribution in [0.15, 0.2) is 76.6 Å². The fourth-order valence-electron chi connectivity index (χ4n) is 8.25. The maximum absolute atomic E-state index is 14.0. The number of methoxy groups -OCH3 is 1. The topological polar surface area (TPSA) is 88.7 Å². The lowest BCUT2D eigenvalue weighted by Gasteiger charge is -2.43. The van der Waals surface area contributed by atoms with Gasteiger partial charge in [-0.15, -0.1) is 11.8 Å². The van der Waals surface area contributed by atoms with E-state index < -0.39 is 35.4 Å². The van der Waals surface area contributed by atoms with Gasteiger partial charge in [0.05, 0.1) is 35.2 Å². The molecule has 6 unspecified atom stereocenters. The third-order valence-corrected chi connectivity index (χ3v) is 12.8. The number of alkyl halides is 3. The number of imide groups is 1. The van der Waals surface area contributed by atoms with Gasteiger partial charge < -0.3 is 14.5 Å². The average molecular weight is 699 g/mol. The first-order valence-electron chi connectivity index (χ1n) is 15.0. The number of halogens is 4. The van der Waals surface area contributed by atoms with E-state index in [0.29, 0.717) is 22.9 Å². The molecule has 0 spiro atoms. The summed E-state index contributed by atoms with van der Waals surface area (Å²) in [4.78, 5) is 45.1. The van der Waals surface area contributed by atoms with Gasteiger partial charge in [0, 0.05) is 21.1 Å². The van der Waals surface area contributed by atoms with Crippen molar-refractivity contribution in [3.8, 4) is 11.5 Å². The monoisotopic (exact) mass is 698 g/mol. The van der Waals surface area contributed by atoms with Gasteiger partial charge in [0.1, 0.15) is 6.61 Å². The molecule has 47 heavy (non-hydrogen) atoms. The minimum Gasteiger partial charge on any atom is -0.493 e. The molecule has 0 radical (unpaired) electrons. The Morgan fingerprint density at radius 1 is 0.957 bits per heavy atom. The largest absolute Gasteiger partial charge is 0.493 e. The lowest BCUT2D eigenvalue weighted by molar-refractivity contribution is -0.137. The number of benzene rings is 3. The van der Waals surface area contributed by atoms with E-state index in [2.05, 4.69) is 4.98 Å². The summed E-state index contributed by atoms with van der Waals surface area (Å²) in [7, 11) is 1.55. The van der Waals surface area contributed by atoms with Crippen molar-refractivity contribution in [1.29, 1.82) is 0 Å². The Bertz CT molecular complexity index is 2000. The molecule has 1 saturated heterocycles. The summed E-state index contributed by atoms with van der Waals surface area (Å²) in [5.74, 6) is -1.87. The Labute approximate surface area is 280 Å². The standard InChI is InChI=1S/C34H26ClF3N2O5S2/c1-44-23-11-16(8-9-22(23)45-14-15-4-2-6-18(35)10-15)24-25-20-13-21(28(25)46-30-29(24)47-33(43)39-30)27-26(20)31(41)40(32(27)42)19-7-3-5-17(12-19)34(36,37)38/h2-12,20-21,24-28H,13-14H2,1H3,(H,39,43)/t20?,21?,24-,25?,26?,27?,28?/m1/s1.